The van der Waals surface area contributed by atoms with Crippen molar-refractivity contribution in [2.24, 2.45) is 0 Å². The molecule has 1 aromatic carbocycles. The van der Waals surface area contributed by atoms with Crippen LogP contribution in [0.1, 0.15) is 6.42 Å². The maximum absolute atomic E-state index is 9.45. The number of benzene rings is 1. The lowest BCUT2D eigenvalue weighted by atomic mass is 10.00. The molecule has 2 rings (SSSR count). The highest BCUT2D eigenvalue weighted by Gasteiger charge is 2.33. The highest BCUT2D eigenvalue weighted by molar-refractivity contribution is 7.99. The van der Waals surface area contributed by atoms with E-state index in [0.29, 0.717) is 5.02 Å². The molecule has 1 aliphatic rings. The van der Waals surface area contributed by atoms with Gasteiger partial charge in [0.2, 0.25) is 0 Å². The number of halogens is 1. The molecule has 1 fully saturated rings. The lowest BCUT2D eigenvalue weighted by molar-refractivity contribution is 0.226. The van der Waals surface area contributed by atoms with Crippen molar-refractivity contribution in [1.82, 2.24) is 0 Å². The van der Waals surface area contributed by atoms with Crippen LogP contribution in [0, 0.1) is 0 Å². The predicted molar refractivity (Wildman–Crippen MR) is 66.8 cm³/mol. The summed E-state index contributed by atoms with van der Waals surface area (Å²) in [5.74, 6) is 2.03. The molecular weight excluding hydrogens is 230 g/mol. The fraction of sp³-hybridized carbons (Fsp3) is 0.455. The summed E-state index contributed by atoms with van der Waals surface area (Å²) in [6.45, 7) is 0.158. The fourth-order valence-corrected chi connectivity index (χ4v) is 3.28. The second-order valence-electron chi connectivity index (χ2n) is 3.85. The Labute approximate surface area is 99.0 Å². The SMILES string of the molecule is OCC1(Nc2ccccc2Cl)CCSC1. The summed E-state index contributed by atoms with van der Waals surface area (Å²) < 4.78 is 0. The number of aliphatic hydroxyl groups excluding tert-OH is 1. The van der Waals surface area contributed by atoms with Gasteiger partial charge in [0, 0.05) is 5.75 Å². The fourth-order valence-electron chi connectivity index (χ4n) is 1.72. The number of hydrogen-bond acceptors (Lipinski definition) is 3. The Morgan fingerprint density at radius 1 is 1.47 bits per heavy atom. The van der Waals surface area contributed by atoms with Crippen LogP contribution in [0.5, 0.6) is 0 Å². The Balaban J connectivity index is 2.16. The first-order chi connectivity index (χ1) is 7.26. The Morgan fingerprint density at radius 2 is 2.27 bits per heavy atom. The summed E-state index contributed by atoms with van der Waals surface area (Å²) in [4.78, 5) is 0. The molecule has 1 aliphatic heterocycles. The standard InChI is InChI=1S/C11H14ClNOS/c12-9-3-1-2-4-10(9)13-11(7-14)5-6-15-8-11/h1-4,13-14H,5-8H2. The van der Waals surface area contributed by atoms with Crippen molar-refractivity contribution in [3.8, 4) is 0 Å². The van der Waals surface area contributed by atoms with Crippen molar-refractivity contribution >= 4 is 29.1 Å². The molecular formula is C11H14ClNOS. The van der Waals surface area contributed by atoms with Gasteiger partial charge in [-0.15, -0.1) is 0 Å². The van der Waals surface area contributed by atoms with Gasteiger partial charge in [-0.3, -0.25) is 0 Å². The largest absolute Gasteiger partial charge is 0.394 e. The zero-order valence-electron chi connectivity index (χ0n) is 8.37. The third kappa shape index (κ3) is 2.41. The van der Waals surface area contributed by atoms with Crippen LogP contribution in [0.15, 0.2) is 24.3 Å². The van der Waals surface area contributed by atoms with Crippen LogP contribution >= 0.6 is 23.4 Å². The molecule has 0 aromatic heterocycles. The molecule has 1 unspecified atom stereocenters. The van der Waals surface area contributed by atoms with Crippen molar-refractivity contribution < 1.29 is 5.11 Å². The average Bonchev–Trinajstić information content (AvgIpc) is 2.71. The smallest absolute Gasteiger partial charge is 0.0702 e. The lowest BCUT2D eigenvalue weighted by Crippen LogP contribution is -2.42. The van der Waals surface area contributed by atoms with Crippen molar-refractivity contribution in [3.05, 3.63) is 29.3 Å². The van der Waals surface area contributed by atoms with Crippen LogP contribution < -0.4 is 5.32 Å². The van der Waals surface area contributed by atoms with Gasteiger partial charge < -0.3 is 10.4 Å². The summed E-state index contributed by atoms with van der Waals surface area (Å²) in [6.07, 6.45) is 0.986. The molecule has 0 radical (unpaired) electrons. The summed E-state index contributed by atoms with van der Waals surface area (Å²) in [5, 5.41) is 13.5. The van der Waals surface area contributed by atoms with Crippen molar-refractivity contribution in [2.75, 3.05) is 23.4 Å². The highest BCUT2D eigenvalue weighted by Crippen LogP contribution is 2.33. The number of para-hydroxylation sites is 1. The topological polar surface area (TPSA) is 32.3 Å². The summed E-state index contributed by atoms with van der Waals surface area (Å²) in [7, 11) is 0. The summed E-state index contributed by atoms with van der Waals surface area (Å²) in [5.41, 5.74) is 0.728. The van der Waals surface area contributed by atoms with E-state index in [-0.39, 0.29) is 12.1 Å². The van der Waals surface area contributed by atoms with Crippen molar-refractivity contribution in [1.29, 1.82) is 0 Å². The molecule has 2 nitrogen and oxygen atoms in total. The zero-order chi connectivity index (χ0) is 10.7. The van der Waals surface area contributed by atoms with Gasteiger partial charge in [0.1, 0.15) is 0 Å². The van der Waals surface area contributed by atoms with E-state index < -0.39 is 0 Å². The van der Waals surface area contributed by atoms with Crippen molar-refractivity contribution in [3.63, 3.8) is 0 Å². The van der Waals surface area contributed by atoms with E-state index in [1.165, 1.54) is 0 Å². The van der Waals surface area contributed by atoms with E-state index in [0.717, 1.165) is 23.6 Å². The predicted octanol–water partition coefficient (Wildman–Crippen LogP) is 2.62. The Kier molecular flexibility index (Phi) is 3.44. The first-order valence-corrected chi connectivity index (χ1v) is 6.50. The second-order valence-corrected chi connectivity index (χ2v) is 5.36. The van der Waals surface area contributed by atoms with Crippen LogP contribution in [0.25, 0.3) is 0 Å². The van der Waals surface area contributed by atoms with E-state index in [9.17, 15) is 5.11 Å². The lowest BCUT2D eigenvalue weighted by Gasteiger charge is -2.28. The number of anilines is 1. The van der Waals surface area contributed by atoms with Gasteiger partial charge in [-0.1, -0.05) is 23.7 Å². The number of nitrogens with one attached hydrogen (secondary N) is 1. The molecule has 0 amide bonds. The van der Waals surface area contributed by atoms with Gasteiger partial charge in [-0.25, -0.2) is 0 Å². The molecule has 0 saturated carbocycles. The third-order valence-corrected chi connectivity index (χ3v) is 4.26. The summed E-state index contributed by atoms with van der Waals surface area (Å²) in [6, 6.07) is 7.66. The van der Waals surface area contributed by atoms with E-state index in [1.54, 1.807) is 0 Å². The van der Waals surface area contributed by atoms with Crippen LogP contribution in [0.3, 0.4) is 0 Å². The van der Waals surface area contributed by atoms with Gasteiger partial charge in [-0.2, -0.15) is 11.8 Å². The molecule has 0 spiro atoms. The highest BCUT2D eigenvalue weighted by atomic mass is 35.5. The Hall–Kier alpha value is -0.380. The zero-order valence-corrected chi connectivity index (χ0v) is 9.94. The van der Waals surface area contributed by atoms with Crippen LogP contribution in [0.4, 0.5) is 5.69 Å². The Morgan fingerprint density at radius 3 is 2.87 bits per heavy atom. The molecule has 4 heteroatoms. The van der Waals surface area contributed by atoms with Crippen LogP contribution in [0.2, 0.25) is 5.02 Å². The Bertz CT molecular complexity index is 339. The maximum atomic E-state index is 9.45. The molecule has 2 N–H and O–H groups in total. The van der Waals surface area contributed by atoms with E-state index in [4.69, 9.17) is 11.6 Å². The first kappa shape index (κ1) is 11.1. The molecule has 1 saturated heterocycles. The molecule has 0 bridgehead atoms. The minimum absolute atomic E-state index is 0.158. The van der Waals surface area contributed by atoms with E-state index in [2.05, 4.69) is 5.32 Å². The van der Waals surface area contributed by atoms with Crippen molar-refractivity contribution in [2.45, 2.75) is 12.0 Å². The van der Waals surface area contributed by atoms with Gasteiger partial charge in [0.05, 0.1) is 22.9 Å². The van der Waals surface area contributed by atoms with Crippen LogP contribution in [-0.4, -0.2) is 28.8 Å². The molecule has 1 aromatic rings. The molecule has 0 aliphatic carbocycles. The van der Waals surface area contributed by atoms with Gasteiger partial charge in [-0.05, 0) is 24.3 Å². The molecule has 15 heavy (non-hydrogen) atoms. The minimum Gasteiger partial charge on any atom is -0.394 e. The first-order valence-electron chi connectivity index (χ1n) is 4.97. The molecule has 1 heterocycles. The van der Waals surface area contributed by atoms with Crippen LogP contribution in [-0.2, 0) is 0 Å². The summed E-state index contributed by atoms with van der Waals surface area (Å²) >= 11 is 7.94. The number of rotatable bonds is 3. The number of hydrogen-bond donors (Lipinski definition) is 2. The van der Waals surface area contributed by atoms with E-state index in [1.807, 2.05) is 36.0 Å². The minimum atomic E-state index is -0.185. The monoisotopic (exact) mass is 243 g/mol. The average molecular weight is 244 g/mol. The molecule has 82 valence electrons. The third-order valence-electron chi connectivity index (χ3n) is 2.68. The van der Waals surface area contributed by atoms with Gasteiger partial charge in [0.25, 0.3) is 0 Å². The normalized spacial score (nSPS) is 25.5. The second kappa shape index (κ2) is 4.64. The maximum Gasteiger partial charge on any atom is 0.0702 e. The van der Waals surface area contributed by atoms with Gasteiger partial charge in [0.15, 0.2) is 0 Å². The number of aliphatic hydroxyl groups is 1. The van der Waals surface area contributed by atoms with Gasteiger partial charge >= 0.3 is 0 Å². The van der Waals surface area contributed by atoms with E-state index >= 15 is 0 Å². The molecule has 1 atom stereocenters. The quantitative estimate of drug-likeness (QED) is 0.856. The number of thioether (sulfide) groups is 1.